The predicted octanol–water partition coefficient (Wildman–Crippen LogP) is 4.82. The summed E-state index contributed by atoms with van der Waals surface area (Å²) in [4.78, 5) is 59.8. The summed E-state index contributed by atoms with van der Waals surface area (Å²) >= 11 is 0. The Balaban J connectivity index is 1.52. The molecular formula is C36H48N6O6. The summed E-state index contributed by atoms with van der Waals surface area (Å²) in [7, 11) is 0. The van der Waals surface area contributed by atoms with Crippen molar-refractivity contribution in [2.75, 3.05) is 11.9 Å². The molecule has 12 nitrogen and oxygen atoms in total. The molecule has 2 heterocycles. The highest BCUT2D eigenvalue weighted by Gasteiger charge is 2.37. The van der Waals surface area contributed by atoms with E-state index < -0.39 is 41.1 Å². The molecule has 3 aromatic rings. The van der Waals surface area contributed by atoms with E-state index in [-0.39, 0.29) is 37.0 Å². The lowest BCUT2D eigenvalue weighted by atomic mass is 10.0. The van der Waals surface area contributed by atoms with Crippen LogP contribution < -0.4 is 16.0 Å². The Morgan fingerprint density at radius 1 is 0.917 bits per heavy atom. The topological polar surface area (TPSA) is 144 Å². The highest BCUT2D eigenvalue weighted by atomic mass is 16.6. The van der Waals surface area contributed by atoms with Gasteiger partial charge < -0.3 is 34.9 Å². The number of alkyl carbamates (subject to hydrolysis) is 1. The van der Waals surface area contributed by atoms with E-state index in [1.54, 1.807) is 31.5 Å². The van der Waals surface area contributed by atoms with Crippen LogP contribution in [0.5, 0.6) is 0 Å². The van der Waals surface area contributed by atoms with Crippen molar-refractivity contribution < 1.29 is 28.7 Å². The lowest BCUT2D eigenvalue weighted by Gasteiger charge is -2.31. The molecule has 4 rings (SSSR count). The van der Waals surface area contributed by atoms with Gasteiger partial charge in [0.15, 0.2) is 5.82 Å². The minimum absolute atomic E-state index is 0.0480. The van der Waals surface area contributed by atoms with Crippen LogP contribution in [0.25, 0.3) is 0 Å². The Morgan fingerprint density at radius 2 is 1.52 bits per heavy atom. The van der Waals surface area contributed by atoms with Gasteiger partial charge in [-0.25, -0.2) is 9.78 Å². The Hall–Kier alpha value is -4.71. The molecule has 1 saturated heterocycles. The lowest BCUT2D eigenvalue weighted by molar-refractivity contribution is -0.136. The summed E-state index contributed by atoms with van der Waals surface area (Å²) in [6.07, 6.45) is 4.22. The van der Waals surface area contributed by atoms with Crippen molar-refractivity contribution in [2.24, 2.45) is 0 Å². The van der Waals surface area contributed by atoms with Crippen LogP contribution in [-0.2, 0) is 30.5 Å². The van der Waals surface area contributed by atoms with Crippen molar-refractivity contribution in [1.82, 2.24) is 25.1 Å². The SMILES string of the molecule is CC1CCC(C)N1C(=O)C(c1ccccc1)n1cnc(NC(=O)C(COCc2ccccc2)NC(=O)C(C)(C)NC(=O)OC(C)(C)C)c1. The van der Waals surface area contributed by atoms with Crippen molar-refractivity contribution in [2.45, 2.75) is 103 Å². The number of imidazole rings is 1. The number of carbonyl (C=O) groups excluding carboxylic acids is 4. The maximum Gasteiger partial charge on any atom is 0.408 e. The monoisotopic (exact) mass is 660 g/mol. The number of benzene rings is 2. The second-order valence-corrected chi connectivity index (χ2v) is 13.8. The second-order valence-electron chi connectivity index (χ2n) is 13.8. The third-order valence-electron chi connectivity index (χ3n) is 8.11. The van der Waals surface area contributed by atoms with Crippen LogP contribution in [0.4, 0.5) is 10.6 Å². The van der Waals surface area contributed by atoms with Gasteiger partial charge >= 0.3 is 6.09 Å². The molecule has 0 saturated carbocycles. The summed E-state index contributed by atoms with van der Waals surface area (Å²) in [6, 6.07) is 17.3. The maximum atomic E-state index is 14.0. The van der Waals surface area contributed by atoms with Gasteiger partial charge in [0, 0.05) is 18.3 Å². The minimum atomic E-state index is -1.42. The fraction of sp³-hybridized carbons (Fsp3) is 0.472. The smallest absolute Gasteiger partial charge is 0.408 e. The predicted molar refractivity (Wildman–Crippen MR) is 182 cm³/mol. The summed E-state index contributed by atoms with van der Waals surface area (Å²) in [6.45, 7) is 12.3. The van der Waals surface area contributed by atoms with Gasteiger partial charge in [0.2, 0.25) is 5.91 Å². The second kappa shape index (κ2) is 15.5. The molecule has 1 aliphatic heterocycles. The van der Waals surface area contributed by atoms with Gasteiger partial charge in [0.1, 0.15) is 23.2 Å². The van der Waals surface area contributed by atoms with Gasteiger partial charge in [0.25, 0.3) is 11.8 Å². The van der Waals surface area contributed by atoms with E-state index in [0.717, 1.165) is 24.0 Å². The fourth-order valence-corrected chi connectivity index (χ4v) is 5.61. The van der Waals surface area contributed by atoms with Gasteiger partial charge in [0.05, 0.1) is 19.5 Å². The average Bonchev–Trinajstić information content (AvgIpc) is 3.61. The van der Waals surface area contributed by atoms with E-state index in [9.17, 15) is 19.2 Å². The van der Waals surface area contributed by atoms with E-state index in [2.05, 4.69) is 34.8 Å². The van der Waals surface area contributed by atoms with E-state index >= 15 is 0 Å². The first-order chi connectivity index (χ1) is 22.6. The van der Waals surface area contributed by atoms with Crippen molar-refractivity contribution in [3.8, 4) is 0 Å². The Bertz CT molecular complexity index is 1540. The number of nitrogens with one attached hydrogen (secondary N) is 3. The average molecular weight is 661 g/mol. The summed E-state index contributed by atoms with van der Waals surface area (Å²) < 4.78 is 12.9. The van der Waals surface area contributed by atoms with Crippen molar-refractivity contribution in [3.05, 3.63) is 84.3 Å². The molecule has 4 unspecified atom stereocenters. The number of aromatic nitrogens is 2. The first-order valence-corrected chi connectivity index (χ1v) is 16.3. The van der Waals surface area contributed by atoms with Crippen LogP contribution in [0.2, 0.25) is 0 Å². The molecule has 1 aliphatic rings. The molecule has 1 aromatic heterocycles. The molecule has 12 heteroatoms. The van der Waals surface area contributed by atoms with Gasteiger partial charge in [-0.3, -0.25) is 14.4 Å². The molecule has 258 valence electrons. The molecule has 2 aromatic carbocycles. The number of nitrogens with zero attached hydrogens (tertiary/aromatic N) is 3. The molecule has 3 N–H and O–H groups in total. The fourth-order valence-electron chi connectivity index (χ4n) is 5.61. The lowest BCUT2D eigenvalue weighted by Crippen LogP contribution is -2.59. The normalized spacial score (nSPS) is 17.7. The Kier molecular flexibility index (Phi) is 11.6. The van der Waals surface area contributed by atoms with E-state index in [1.807, 2.05) is 65.6 Å². The zero-order chi connectivity index (χ0) is 35.1. The van der Waals surface area contributed by atoms with Crippen molar-refractivity contribution in [1.29, 1.82) is 0 Å². The van der Waals surface area contributed by atoms with E-state index in [4.69, 9.17) is 9.47 Å². The van der Waals surface area contributed by atoms with Gasteiger partial charge in [-0.2, -0.15) is 0 Å². The molecule has 0 spiro atoms. The van der Waals surface area contributed by atoms with Crippen molar-refractivity contribution in [3.63, 3.8) is 0 Å². The molecule has 4 atom stereocenters. The van der Waals surface area contributed by atoms with E-state index in [1.165, 1.54) is 20.2 Å². The summed E-state index contributed by atoms with van der Waals surface area (Å²) in [5.74, 6) is -1.05. The number of ether oxygens (including phenoxy) is 2. The van der Waals surface area contributed by atoms with Crippen LogP contribution in [0.15, 0.2) is 73.2 Å². The highest BCUT2D eigenvalue weighted by Crippen LogP contribution is 2.30. The first-order valence-electron chi connectivity index (χ1n) is 16.3. The number of likely N-dealkylation sites (tertiary alicyclic amines) is 1. The zero-order valence-corrected chi connectivity index (χ0v) is 28.9. The number of hydrogen-bond donors (Lipinski definition) is 3. The molecule has 0 radical (unpaired) electrons. The van der Waals surface area contributed by atoms with Gasteiger partial charge in [-0.05, 0) is 72.4 Å². The van der Waals surface area contributed by atoms with Crippen LogP contribution in [0.1, 0.15) is 78.5 Å². The highest BCUT2D eigenvalue weighted by molar-refractivity contribution is 5.98. The number of amides is 4. The third-order valence-corrected chi connectivity index (χ3v) is 8.11. The van der Waals surface area contributed by atoms with Crippen LogP contribution in [0.3, 0.4) is 0 Å². The molecule has 48 heavy (non-hydrogen) atoms. The molecule has 4 amide bonds. The maximum absolute atomic E-state index is 14.0. The quantitative estimate of drug-likeness (QED) is 0.253. The largest absolute Gasteiger partial charge is 0.444 e. The van der Waals surface area contributed by atoms with Gasteiger partial charge in [-0.1, -0.05) is 60.7 Å². The molecule has 0 aliphatic carbocycles. The van der Waals surface area contributed by atoms with Crippen molar-refractivity contribution >= 4 is 29.6 Å². The zero-order valence-electron chi connectivity index (χ0n) is 28.9. The standard InChI is InChI=1S/C36H48N6O6/c1-24-18-19-25(2)42(24)32(44)30(27-16-12-9-13-17-27)41-20-29(37-23-41)39-31(43)28(22-47-21-26-14-10-8-11-15-26)38-33(45)36(6,7)40-34(46)48-35(3,4)5/h8-17,20,23-25,28,30H,18-19,21-22H2,1-7H3,(H,38,45)(H,39,43)(H,40,46). The number of carbonyl (C=O) groups is 4. The minimum Gasteiger partial charge on any atom is -0.444 e. The third kappa shape index (κ3) is 9.66. The summed E-state index contributed by atoms with van der Waals surface area (Å²) in [5, 5.41) is 8.04. The number of rotatable bonds is 12. The molecule has 1 fully saturated rings. The molecular weight excluding hydrogens is 612 g/mol. The van der Waals surface area contributed by atoms with Crippen LogP contribution >= 0.6 is 0 Å². The molecule has 0 bridgehead atoms. The summed E-state index contributed by atoms with van der Waals surface area (Å²) in [5.41, 5.74) is -0.493. The Morgan fingerprint density at radius 3 is 2.12 bits per heavy atom. The van der Waals surface area contributed by atoms with Gasteiger partial charge in [-0.15, -0.1) is 0 Å². The van der Waals surface area contributed by atoms with Crippen LogP contribution in [0, 0.1) is 0 Å². The van der Waals surface area contributed by atoms with Crippen LogP contribution in [-0.4, -0.2) is 74.1 Å². The Labute approximate surface area is 282 Å². The first kappa shape index (κ1) is 36.1. The number of anilines is 1. The van der Waals surface area contributed by atoms with E-state index in [0.29, 0.717) is 0 Å². The number of hydrogen-bond acceptors (Lipinski definition) is 7.